The first kappa shape index (κ1) is 45.2. The van der Waals surface area contributed by atoms with Gasteiger partial charge in [0.25, 0.3) is 0 Å². The second kappa shape index (κ2) is 18.1. The summed E-state index contributed by atoms with van der Waals surface area (Å²) in [5, 5.41) is 15.8. The predicted molar refractivity (Wildman–Crippen MR) is 239 cm³/mol. The second-order valence-electron chi connectivity index (χ2n) is 18.3. The van der Waals surface area contributed by atoms with Crippen LogP contribution in [0.5, 0.6) is 17.2 Å². The molecule has 7 rings (SSSR count). The van der Waals surface area contributed by atoms with Gasteiger partial charge in [-0.3, -0.25) is 23.9 Å². The summed E-state index contributed by atoms with van der Waals surface area (Å²) in [7, 11) is -2.63. The lowest BCUT2D eigenvalue weighted by atomic mass is 9.77. The molecule has 2 saturated carbocycles. The van der Waals surface area contributed by atoms with Gasteiger partial charge in [0.05, 0.1) is 60.3 Å². The summed E-state index contributed by atoms with van der Waals surface area (Å²) in [4.78, 5) is 70.3. The number of likely N-dealkylation sites (tertiary alicyclic amines) is 1. The van der Waals surface area contributed by atoms with Gasteiger partial charge in [-0.2, -0.15) is 0 Å². The van der Waals surface area contributed by atoms with Crippen LogP contribution < -0.4 is 14.8 Å². The molecule has 3 aromatic heterocycles. The van der Waals surface area contributed by atoms with E-state index in [9.17, 15) is 28.9 Å². The third-order valence-electron chi connectivity index (χ3n) is 12.5. The first-order chi connectivity index (χ1) is 29.4. The molecule has 1 aromatic carbocycles. The molecular weight excluding hydrogens is 830 g/mol. The van der Waals surface area contributed by atoms with Crippen molar-refractivity contribution in [3.8, 4) is 28.6 Å². The highest BCUT2D eigenvalue weighted by Crippen LogP contribution is 2.74. The van der Waals surface area contributed by atoms with Gasteiger partial charge in [0.2, 0.25) is 13.3 Å². The Morgan fingerprint density at radius 3 is 2.53 bits per heavy atom. The topological polar surface area (TPSA) is 190 Å². The molecule has 1 unspecified atom stereocenters. The number of thiazole rings is 1. The maximum absolute atomic E-state index is 15.0. The molecule has 1 aliphatic heterocycles. The minimum Gasteiger partial charge on any atom is -0.506 e. The van der Waals surface area contributed by atoms with Crippen LogP contribution in [-0.2, 0) is 29.8 Å². The summed E-state index contributed by atoms with van der Waals surface area (Å²) in [6.45, 7) is 13.7. The zero-order valence-electron chi connectivity index (χ0n) is 36.3. The van der Waals surface area contributed by atoms with Crippen molar-refractivity contribution in [2.75, 3.05) is 19.0 Å². The highest BCUT2D eigenvalue weighted by molar-refractivity contribution is 7.59. The van der Waals surface area contributed by atoms with Crippen molar-refractivity contribution < 1.29 is 43.2 Å². The molecule has 3 N–H and O–H groups in total. The van der Waals surface area contributed by atoms with Crippen molar-refractivity contribution in [1.29, 1.82) is 0 Å². The fourth-order valence-electron chi connectivity index (χ4n) is 8.90. The van der Waals surface area contributed by atoms with E-state index in [1.54, 1.807) is 13.2 Å². The maximum atomic E-state index is 15.0. The van der Waals surface area contributed by atoms with Crippen molar-refractivity contribution in [3.05, 3.63) is 66.3 Å². The summed E-state index contributed by atoms with van der Waals surface area (Å²) >= 11 is 1.46. The molecule has 1 saturated heterocycles. The molecular formula is C46H58N5O9PS. The number of fused-ring (bicyclic) bond motifs is 1. The van der Waals surface area contributed by atoms with Crippen LogP contribution >= 0.6 is 18.7 Å². The summed E-state index contributed by atoms with van der Waals surface area (Å²) in [6, 6.07) is 9.35. The van der Waals surface area contributed by atoms with Crippen molar-refractivity contribution in [2.24, 2.45) is 17.3 Å². The fraction of sp³-hybridized carbons (Fsp3) is 0.522. The fourth-order valence-corrected chi connectivity index (χ4v) is 12.2. The van der Waals surface area contributed by atoms with Crippen molar-refractivity contribution in [3.63, 3.8) is 0 Å². The number of carbonyl (C=O) groups excluding carboxylic acids is 3. The first-order valence-corrected chi connectivity index (χ1v) is 24.1. The Morgan fingerprint density at radius 2 is 1.87 bits per heavy atom. The van der Waals surface area contributed by atoms with Crippen molar-refractivity contribution in [1.82, 2.24) is 19.9 Å². The van der Waals surface area contributed by atoms with Gasteiger partial charge in [-0.05, 0) is 81.5 Å². The van der Waals surface area contributed by atoms with Crippen molar-refractivity contribution in [2.45, 2.75) is 122 Å². The molecule has 3 aliphatic rings. The van der Waals surface area contributed by atoms with Gasteiger partial charge in [-0.25, -0.2) is 9.97 Å². The Morgan fingerprint density at radius 1 is 1.11 bits per heavy atom. The van der Waals surface area contributed by atoms with Crippen LogP contribution in [0.3, 0.4) is 0 Å². The molecule has 0 spiro atoms. The summed E-state index contributed by atoms with van der Waals surface area (Å²) in [5.41, 5.74) is 1.17. The highest BCUT2D eigenvalue weighted by atomic mass is 32.1. The number of aromatic nitrogens is 3. The third kappa shape index (κ3) is 9.70. The Bertz CT molecular complexity index is 2380. The van der Waals surface area contributed by atoms with E-state index < -0.39 is 65.7 Å². The number of benzene rings is 1. The number of ether oxygens (including phenoxy) is 3. The van der Waals surface area contributed by atoms with Gasteiger partial charge in [0.15, 0.2) is 10.9 Å². The maximum Gasteiger partial charge on any atom is 0.306 e. The van der Waals surface area contributed by atoms with E-state index in [1.807, 2.05) is 64.3 Å². The van der Waals surface area contributed by atoms with E-state index in [0.717, 1.165) is 30.8 Å². The average Bonchev–Trinajstić information content (AvgIpc) is 3.61. The van der Waals surface area contributed by atoms with E-state index in [4.69, 9.17) is 24.2 Å². The number of amides is 1. The van der Waals surface area contributed by atoms with Crippen LogP contribution in [0.2, 0.25) is 0 Å². The largest absolute Gasteiger partial charge is 0.506 e. The molecule has 14 nitrogen and oxygen atoms in total. The number of ketones is 1. The molecule has 4 heterocycles. The minimum absolute atomic E-state index is 0.0183. The lowest BCUT2D eigenvalue weighted by Crippen LogP contribution is -2.48. The van der Waals surface area contributed by atoms with Gasteiger partial charge in [-0.1, -0.05) is 26.8 Å². The lowest BCUT2D eigenvalue weighted by molar-refractivity contribution is -0.156. The standard InChI is InChI=1S/C46H58N5O9PS/c1-8-28-22-46(28,61(56,57)25-36-39(52)14-11-17-47-36)23-40(53)38-19-31(24-51(38)43(55)33(45(4,5)6)20-42(54)60-29-12-9-10-13-29)59-41-21-35(37-26-62-44(50-37)48-27(2)3)49-34-18-30(58-7)15-16-32(34)41/h8,11,14-18,21,26-29,31,33,38,52H,1,9-10,12-13,19-20,22-25H2,2-7H3,(H,48,50)(H,56,57)/t28-,31-,33-,38+,46-/m1/s1. The summed E-state index contributed by atoms with van der Waals surface area (Å²) in [6.07, 6.45) is 5.15. The predicted octanol–water partition coefficient (Wildman–Crippen LogP) is 8.55. The Labute approximate surface area is 367 Å². The number of Topliss-reactive ketones (excluding diaryl/α,β-unsaturated/α-hetero) is 1. The molecule has 2 aliphatic carbocycles. The van der Waals surface area contributed by atoms with E-state index in [0.29, 0.717) is 33.8 Å². The normalized spacial score (nSPS) is 22.9. The number of nitrogens with one attached hydrogen (secondary N) is 1. The molecule has 6 atom stereocenters. The smallest absolute Gasteiger partial charge is 0.306 e. The number of methoxy groups -OCH3 is 1. The van der Waals surface area contributed by atoms with Crippen LogP contribution in [0.1, 0.15) is 91.7 Å². The Balaban J connectivity index is 1.22. The number of hydrogen-bond acceptors (Lipinski definition) is 13. The average molecular weight is 888 g/mol. The SMILES string of the molecule is C=C[C@@H]1C[C@]1(CC(=O)[C@@H]1C[C@@H](Oc2cc(-c3csc(NC(C)C)n3)nc3cc(OC)ccc23)CN1C(=O)[C@@H](CC(=O)OC1CCCC1)C(C)(C)C)P(=O)(O)Cc1ncccc1O. The number of rotatable bonds is 17. The number of esters is 1. The zero-order chi connectivity index (χ0) is 44.6. The quantitative estimate of drug-likeness (QED) is 0.0520. The number of anilines is 1. The monoisotopic (exact) mass is 887 g/mol. The van der Waals surface area contributed by atoms with E-state index >= 15 is 0 Å². The van der Waals surface area contributed by atoms with E-state index in [1.165, 1.54) is 34.6 Å². The lowest BCUT2D eigenvalue weighted by Gasteiger charge is -2.35. The third-order valence-corrected chi connectivity index (χ3v) is 16.0. The number of carbonyl (C=O) groups is 3. The van der Waals surface area contributed by atoms with Gasteiger partial charge in [-0.15, -0.1) is 17.9 Å². The highest BCUT2D eigenvalue weighted by Gasteiger charge is 2.65. The minimum atomic E-state index is -4.21. The van der Waals surface area contributed by atoms with Crippen molar-refractivity contribution >= 4 is 52.4 Å². The van der Waals surface area contributed by atoms with Gasteiger partial charge >= 0.3 is 5.97 Å². The van der Waals surface area contributed by atoms with Crippen LogP contribution in [0.15, 0.2) is 60.6 Å². The van der Waals surface area contributed by atoms with Crippen LogP contribution in [0.4, 0.5) is 5.13 Å². The number of hydrogen-bond donors (Lipinski definition) is 3. The Kier molecular flexibility index (Phi) is 13.2. The molecule has 16 heteroatoms. The van der Waals surface area contributed by atoms with E-state index in [-0.39, 0.29) is 55.8 Å². The molecule has 0 bridgehead atoms. The van der Waals surface area contributed by atoms with Gasteiger partial charge in [0, 0.05) is 48.0 Å². The number of aromatic hydroxyl groups is 1. The Hall–Kier alpha value is -4.85. The van der Waals surface area contributed by atoms with Crippen LogP contribution in [0.25, 0.3) is 22.3 Å². The van der Waals surface area contributed by atoms with Gasteiger partial charge < -0.3 is 34.4 Å². The molecule has 3 fully saturated rings. The van der Waals surface area contributed by atoms with Gasteiger partial charge in [0.1, 0.15) is 35.2 Å². The number of nitrogens with zero attached hydrogens (tertiary/aromatic N) is 4. The molecule has 4 aromatic rings. The first-order valence-electron chi connectivity index (χ1n) is 21.4. The number of pyridine rings is 2. The van der Waals surface area contributed by atoms with E-state index in [2.05, 4.69) is 16.9 Å². The second-order valence-corrected chi connectivity index (χ2v) is 21.8. The molecule has 332 valence electrons. The van der Waals surface area contributed by atoms with Crippen LogP contribution in [0, 0.1) is 17.3 Å². The molecule has 62 heavy (non-hydrogen) atoms. The zero-order valence-corrected chi connectivity index (χ0v) is 38.0. The molecule has 0 radical (unpaired) electrons. The summed E-state index contributed by atoms with van der Waals surface area (Å²) in [5.74, 6) is -1.66. The number of allylic oxidation sites excluding steroid dienone is 1. The van der Waals surface area contributed by atoms with Crippen LogP contribution in [-0.4, -0.2) is 90.6 Å². The molecule has 1 amide bonds. The summed E-state index contributed by atoms with van der Waals surface area (Å²) < 4.78 is 32.5.